The van der Waals surface area contributed by atoms with Crippen LogP contribution in [-0.2, 0) is 9.59 Å². The summed E-state index contributed by atoms with van der Waals surface area (Å²) in [5.74, 6) is 1.01. The lowest BCUT2D eigenvalue weighted by atomic mass is 9.67. The van der Waals surface area contributed by atoms with Gasteiger partial charge in [0.2, 0.25) is 11.8 Å². The molecule has 0 unspecified atom stereocenters. The molecule has 0 radical (unpaired) electrons. The van der Waals surface area contributed by atoms with Crippen LogP contribution in [0.5, 0.6) is 0 Å². The third-order valence-electron chi connectivity index (χ3n) is 7.75. The number of likely N-dealkylation sites (tertiary alicyclic amines) is 2. The summed E-state index contributed by atoms with van der Waals surface area (Å²) in [4.78, 5) is 30.4. The van der Waals surface area contributed by atoms with E-state index in [1.807, 2.05) is 18.2 Å². The van der Waals surface area contributed by atoms with Gasteiger partial charge in [-0.3, -0.25) is 9.59 Å². The number of benzene rings is 1. The van der Waals surface area contributed by atoms with E-state index in [9.17, 15) is 9.59 Å². The fourth-order valence-corrected chi connectivity index (χ4v) is 5.86. The number of hydrogen-bond acceptors (Lipinski definition) is 2. The number of carbonyl (C=O) groups excluding carboxylic acids is 2. The van der Waals surface area contributed by atoms with Crippen LogP contribution in [0.25, 0.3) is 0 Å². The minimum Gasteiger partial charge on any atom is -0.342 e. The summed E-state index contributed by atoms with van der Waals surface area (Å²) in [6.07, 6.45) is 9.96. The molecule has 4 heteroatoms. The first kappa shape index (κ1) is 18.2. The van der Waals surface area contributed by atoms with Crippen LogP contribution in [0.15, 0.2) is 30.3 Å². The van der Waals surface area contributed by atoms with E-state index < -0.39 is 0 Å². The summed E-state index contributed by atoms with van der Waals surface area (Å²) >= 11 is 0. The Morgan fingerprint density at radius 1 is 0.964 bits per heavy atom. The van der Waals surface area contributed by atoms with Gasteiger partial charge in [0.1, 0.15) is 0 Å². The Morgan fingerprint density at radius 2 is 1.64 bits per heavy atom. The van der Waals surface area contributed by atoms with Gasteiger partial charge < -0.3 is 9.80 Å². The highest BCUT2D eigenvalue weighted by Gasteiger charge is 2.50. The zero-order valence-electron chi connectivity index (χ0n) is 16.8. The SMILES string of the molecule is O=C(C1CCCC1)N1CCC2(CC1)C[C@@H](c1ccccc1)C(=O)N(C1CC1)C2. The van der Waals surface area contributed by atoms with E-state index in [1.165, 1.54) is 18.4 Å². The molecule has 4 aliphatic rings. The zero-order chi connectivity index (χ0) is 19.1. The molecule has 1 aromatic rings. The summed E-state index contributed by atoms with van der Waals surface area (Å²) in [7, 11) is 0. The van der Waals surface area contributed by atoms with Crippen molar-refractivity contribution in [2.75, 3.05) is 19.6 Å². The maximum absolute atomic E-state index is 13.2. The third kappa shape index (κ3) is 3.35. The molecule has 1 aromatic carbocycles. The first-order chi connectivity index (χ1) is 13.7. The Hall–Kier alpha value is -1.84. The Kier molecular flexibility index (Phi) is 4.68. The molecule has 2 saturated carbocycles. The average molecular weight is 381 g/mol. The molecule has 4 nitrogen and oxygen atoms in total. The Bertz CT molecular complexity index is 728. The fourth-order valence-electron chi connectivity index (χ4n) is 5.86. The zero-order valence-corrected chi connectivity index (χ0v) is 16.8. The summed E-state index contributed by atoms with van der Waals surface area (Å²) in [5, 5.41) is 0. The van der Waals surface area contributed by atoms with Crippen LogP contribution < -0.4 is 0 Å². The van der Waals surface area contributed by atoms with Crippen molar-refractivity contribution >= 4 is 11.8 Å². The van der Waals surface area contributed by atoms with E-state index in [-0.39, 0.29) is 17.3 Å². The lowest BCUT2D eigenvalue weighted by Crippen LogP contribution is -2.55. The molecule has 28 heavy (non-hydrogen) atoms. The summed E-state index contributed by atoms with van der Waals surface area (Å²) in [6, 6.07) is 10.8. The molecule has 0 N–H and O–H groups in total. The first-order valence-corrected chi connectivity index (χ1v) is 11.3. The molecular weight excluding hydrogens is 348 g/mol. The smallest absolute Gasteiger partial charge is 0.230 e. The van der Waals surface area contributed by atoms with Crippen LogP contribution in [0.2, 0.25) is 0 Å². The van der Waals surface area contributed by atoms with Crippen molar-refractivity contribution in [2.24, 2.45) is 11.3 Å². The van der Waals surface area contributed by atoms with E-state index in [2.05, 4.69) is 21.9 Å². The summed E-state index contributed by atoms with van der Waals surface area (Å²) in [6.45, 7) is 2.67. The summed E-state index contributed by atoms with van der Waals surface area (Å²) < 4.78 is 0. The number of hydrogen-bond donors (Lipinski definition) is 0. The lowest BCUT2D eigenvalue weighted by Gasteiger charge is -2.50. The van der Waals surface area contributed by atoms with Crippen molar-refractivity contribution in [3.05, 3.63) is 35.9 Å². The van der Waals surface area contributed by atoms with Crippen LogP contribution in [0.4, 0.5) is 0 Å². The van der Waals surface area contributed by atoms with E-state index in [4.69, 9.17) is 0 Å². The van der Waals surface area contributed by atoms with Gasteiger partial charge in [-0.1, -0.05) is 43.2 Å². The Labute approximate surface area is 168 Å². The van der Waals surface area contributed by atoms with E-state index in [0.717, 1.165) is 64.6 Å². The van der Waals surface area contributed by atoms with Gasteiger partial charge in [-0.25, -0.2) is 0 Å². The largest absolute Gasteiger partial charge is 0.342 e. The number of rotatable bonds is 3. The maximum Gasteiger partial charge on any atom is 0.230 e. The topological polar surface area (TPSA) is 40.6 Å². The van der Waals surface area contributed by atoms with Crippen molar-refractivity contribution in [1.82, 2.24) is 9.80 Å². The Balaban J connectivity index is 1.33. The lowest BCUT2D eigenvalue weighted by molar-refractivity contribution is -0.146. The quantitative estimate of drug-likeness (QED) is 0.796. The Morgan fingerprint density at radius 3 is 2.29 bits per heavy atom. The molecule has 2 aliphatic heterocycles. The molecule has 0 aromatic heterocycles. The average Bonchev–Trinajstić information content (AvgIpc) is 3.43. The van der Waals surface area contributed by atoms with Crippen LogP contribution in [-0.4, -0.2) is 47.3 Å². The van der Waals surface area contributed by atoms with E-state index >= 15 is 0 Å². The van der Waals surface area contributed by atoms with Gasteiger partial charge in [0.25, 0.3) is 0 Å². The third-order valence-corrected chi connectivity index (χ3v) is 7.75. The number of amides is 2. The molecule has 2 amide bonds. The van der Waals surface area contributed by atoms with E-state index in [1.54, 1.807) is 0 Å². The van der Waals surface area contributed by atoms with Crippen LogP contribution in [0.1, 0.15) is 69.3 Å². The van der Waals surface area contributed by atoms with Gasteiger partial charge in [0, 0.05) is 31.6 Å². The van der Waals surface area contributed by atoms with Gasteiger partial charge >= 0.3 is 0 Å². The monoisotopic (exact) mass is 380 g/mol. The summed E-state index contributed by atoms with van der Waals surface area (Å²) in [5.41, 5.74) is 1.35. The second-order valence-corrected chi connectivity index (χ2v) is 9.67. The van der Waals surface area contributed by atoms with Crippen molar-refractivity contribution in [3.8, 4) is 0 Å². The molecule has 2 heterocycles. The molecule has 4 fully saturated rings. The number of carbonyl (C=O) groups is 2. The fraction of sp³-hybridized carbons (Fsp3) is 0.667. The highest BCUT2D eigenvalue weighted by Crippen LogP contribution is 2.48. The second-order valence-electron chi connectivity index (χ2n) is 9.67. The molecule has 150 valence electrons. The molecule has 5 rings (SSSR count). The molecule has 1 spiro atoms. The maximum atomic E-state index is 13.2. The molecule has 2 saturated heterocycles. The molecular formula is C24H32N2O2. The predicted molar refractivity (Wildman–Crippen MR) is 109 cm³/mol. The van der Waals surface area contributed by atoms with Crippen molar-refractivity contribution in [3.63, 3.8) is 0 Å². The molecule has 2 aliphatic carbocycles. The second kappa shape index (κ2) is 7.20. The van der Waals surface area contributed by atoms with Crippen LogP contribution >= 0.6 is 0 Å². The highest BCUT2D eigenvalue weighted by atomic mass is 16.2. The minimum absolute atomic E-state index is 0.00682. The van der Waals surface area contributed by atoms with Gasteiger partial charge in [-0.15, -0.1) is 0 Å². The molecule has 1 atom stereocenters. The van der Waals surface area contributed by atoms with Gasteiger partial charge in [-0.05, 0) is 55.9 Å². The highest BCUT2D eigenvalue weighted by molar-refractivity contribution is 5.85. The van der Waals surface area contributed by atoms with E-state index in [0.29, 0.717) is 17.9 Å². The molecule has 0 bridgehead atoms. The van der Waals surface area contributed by atoms with Crippen LogP contribution in [0, 0.1) is 11.3 Å². The van der Waals surface area contributed by atoms with Gasteiger partial charge in [-0.2, -0.15) is 0 Å². The van der Waals surface area contributed by atoms with Crippen molar-refractivity contribution in [1.29, 1.82) is 0 Å². The van der Waals surface area contributed by atoms with Gasteiger partial charge in [0.15, 0.2) is 0 Å². The normalized spacial score (nSPS) is 28.1. The van der Waals surface area contributed by atoms with Crippen LogP contribution in [0.3, 0.4) is 0 Å². The van der Waals surface area contributed by atoms with Gasteiger partial charge in [0.05, 0.1) is 5.92 Å². The van der Waals surface area contributed by atoms with Crippen molar-refractivity contribution in [2.45, 2.75) is 69.7 Å². The first-order valence-electron chi connectivity index (χ1n) is 11.3. The minimum atomic E-state index is -0.00682. The predicted octanol–water partition coefficient (Wildman–Crippen LogP) is 3.96. The van der Waals surface area contributed by atoms with Crippen molar-refractivity contribution < 1.29 is 9.59 Å². The standard InChI is InChI=1S/C24H32N2O2/c27-22(19-8-4-5-9-19)25-14-12-24(13-15-25)16-21(18-6-2-1-3-7-18)23(28)26(17-24)20-10-11-20/h1-3,6-7,19-21H,4-5,8-17H2/t21-/m0/s1. The number of nitrogens with zero attached hydrogens (tertiary/aromatic N) is 2. The number of piperidine rings is 2.